The highest BCUT2D eigenvalue weighted by Crippen LogP contribution is 2.27. The molecule has 7 nitrogen and oxygen atoms in total. The zero-order valence-corrected chi connectivity index (χ0v) is 14.7. The summed E-state index contributed by atoms with van der Waals surface area (Å²) in [5.74, 6) is 0.324. The number of amides is 3. The Morgan fingerprint density at radius 2 is 2.20 bits per heavy atom. The Balaban J connectivity index is 2.08. The lowest BCUT2D eigenvalue weighted by molar-refractivity contribution is -0.126. The Hall–Kier alpha value is -2.75. The summed E-state index contributed by atoms with van der Waals surface area (Å²) in [6, 6.07) is 6.67. The van der Waals surface area contributed by atoms with E-state index in [1.165, 1.54) is 0 Å². The molecule has 0 spiro atoms. The van der Waals surface area contributed by atoms with Crippen LogP contribution in [-0.4, -0.2) is 43.1 Å². The molecule has 0 unspecified atom stereocenters. The van der Waals surface area contributed by atoms with Crippen molar-refractivity contribution in [3.63, 3.8) is 0 Å². The molecule has 0 saturated carbocycles. The number of nitrogens with zero attached hydrogens (tertiary/aromatic N) is 2. The Bertz CT molecular complexity index is 669. The van der Waals surface area contributed by atoms with Crippen molar-refractivity contribution in [2.24, 2.45) is 5.92 Å². The number of anilines is 1. The summed E-state index contributed by atoms with van der Waals surface area (Å²) >= 11 is 0. The molecule has 1 aromatic rings. The molecule has 2 rings (SSSR count). The molecule has 0 aromatic heterocycles. The van der Waals surface area contributed by atoms with Crippen molar-refractivity contribution in [3.05, 3.63) is 23.8 Å². The second kappa shape index (κ2) is 8.92. The molecule has 0 bridgehead atoms. The maximum atomic E-state index is 12.6. The van der Waals surface area contributed by atoms with Gasteiger partial charge in [0.2, 0.25) is 5.91 Å². The van der Waals surface area contributed by atoms with Gasteiger partial charge in [-0.05, 0) is 44.9 Å². The Labute approximate surface area is 147 Å². The van der Waals surface area contributed by atoms with Gasteiger partial charge in [0.15, 0.2) is 0 Å². The zero-order chi connectivity index (χ0) is 18.2. The van der Waals surface area contributed by atoms with E-state index in [0.717, 1.165) is 12.8 Å². The number of benzene rings is 1. The molecule has 0 aliphatic carbocycles. The SMILES string of the molecule is CCNC(=O)[C@H]1CCCN(C(=O)Nc2cc(C#N)ccc2OCC)C1. The minimum Gasteiger partial charge on any atom is -0.492 e. The molecule has 3 amide bonds. The molecule has 1 aliphatic heterocycles. The summed E-state index contributed by atoms with van der Waals surface area (Å²) in [6.45, 7) is 5.76. The summed E-state index contributed by atoms with van der Waals surface area (Å²) < 4.78 is 5.51. The van der Waals surface area contributed by atoms with Gasteiger partial charge in [-0.2, -0.15) is 5.26 Å². The lowest BCUT2D eigenvalue weighted by Gasteiger charge is -2.32. The van der Waals surface area contributed by atoms with E-state index in [4.69, 9.17) is 10.00 Å². The first kappa shape index (κ1) is 18.6. The monoisotopic (exact) mass is 344 g/mol. The highest BCUT2D eigenvalue weighted by molar-refractivity contribution is 5.92. The predicted octanol–water partition coefficient (Wildman–Crippen LogP) is 2.34. The van der Waals surface area contributed by atoms with Crippen molar-refractivity contribution >= 4 is 17.6 Å². The van der Waals surface area contributed by atoms with Crippen LogP contribution in [0.15, 0.2) is 18.2 Å². The van der Waals surface area contributed by atoms with Crippen LogP contribution in [-0.2, 0) is 4.79 Å². The van der Waals surface area contributed by atoms with E-state index in [1.807, 2.05) is 13.8 Å². The van der Waals surface area contributed by atoms with Gasteiger partial charge in [-0.15, -0.1) is 0 Å². The van der Waals surface area contributed by atoms with Gasteiger partial charge >= 0.3 is 6.03 Å². The number of urea groups is 1. The summed E-state index contributed by atoms with van der Waals surface area (Å²) in [6.07, 6.45) is 1.56. The number of nitriles is 1. The third-order valence-corrected chi connectivity index (χ3v) is 4.08. The van der Waals surface area contributed by atoms with Crippen LogP contribution in [0.1, 0.15) is 32.3 Å². The van der Waals surface area contributed by atoms with Crippen molar-refractivity contribution in [3.8, 4) is 11.8 Å². The van der Waals surface area contributed by atoms with Gasteiger partial charge in [-0.1, -0.05) is 0 Å². The average molecular weight is 344 g/mol. The van der Waals surface area contributed by atoms with Crippen LogP contribution < -0.4 is 15.4 Å². The summed E-state index contributed by atoms with van der Waals surface area (Å²) in [5.41, 5.74) is 0.906. The summed E-state index contributed by atoms with van der Waals surface area (Å²) in [4.78, 5) is 26.3. The molecule has 0 radical (unpaired) electrons. The van der Waals surface area contributed by atoms with Crippen LogP contribution in [0.4, 0.5) is 10.5 Å². The second-order valence-corrected chi connectivity index (χ2v) is 5.87. The third-order valence-electron chi connectivity index (χ3n) is 4.08. The van der Waals surface area contributed by atoms with Gasteiger partial charge in [0.1, 0.15) is 5.75 Å². The molecule has 25 heavy (non-hydrogen) atoms. The molecule has 1 atom stereocenters. The molecule has 7 heteroatoms. The Morgan fingerprint density at radius 3 is 2.88 bits per heavy atom. The maximum Gasteiger partial charge on any atom is 0.321 e. The standard InChI is InChI=1S/C18H24N4O3/c1-3-20-17(23)14-6-5-9-22(12-14)18(24)21-15-10-13(11-19)7-8-16(15)25-4-2/h7-8,10,14H,3-6,9,12H2,1-2H3,(H,20,23)(H,21,24)/t14-/m0/s1. The van der Waals surface area contributed by atoms with Gasteiger partial charge < -0.3 is 20.3 Å². The number of carbonyl (C=O) groups excluding carboxylic acids is 2. The maximum absolute atomic E-state index is 12.6. The molecule has 1 aromatic carbocycles. The van der Waals surface area contributed by atoms with Gasteiger partial charge in [-0.3, -0.25) is 4.79 Å². The molecule has 2 N–H and O–H groups in total. The fraction of sp³-hybridized carbons (Fsp3) is 0.500. The average Bonchev–Trinajstić information content (AvgIpc) is 2.63. The summed E-state index contributed by atoms with van der Waals surface area (Å²) in [7, 11) is 0. The van der Waals surface area contributed by atoms with E-state index in [9.17, 15) is 9.59 Å². The van der Waals surface area contributed by atoms with Crippen LogP contribution in [0.3, 0.4) is 0 Å². The zero-order valence-electron chi connectivity index (χ0n) is 14.7. The Kier molecular flexibility index (Phi) is 6.63. The quantitative estimate of drug-likeness (QED) is 0.857. The van der Waals surface area contributed by atoms with Crippen LogP contribution in [0.5, 0.6) is 5.75 Å². The van der Waals surface area contributed by atoms with E-state index >= 15 is 0 Å². The number of hydrogen-bond donors (Lipinski definition) is 2. The first-order valence-electron chi connectivity index (χ1n) is 8.59. The number of hydrogen-bond acceptors (Lipinski definition) is 4. The number of likely N-dealkylation sites (tertiary alicyclic amines) is 1. The molecule has 1 heterocycles. The van der Waals surface area contributed by atoms with Crippen molar-refractivity contribution in [1.29, 1.82) is 5.26 Å². The number of nitrogens with one attached hydrogen (secondary N) is 2. The van der Waals surface area contributed by atoms with Gasteiger partial charge in [0.25, 0.3) is 0 Å². The smallest absolute Gasteiger partial charge is 0.321 e. The van der Waals surface area contributed by atoms with E-state index in [2.05, 4.69) is 16.7 Å². The van der Waals surface area contributed by atoms with Gasteiger partial charge in [0.05, 0.1) is 29.8 Å². The van der Waals surface area contributed by atoms with Crippen molar-refractivity contribution in [2.45, 2.75) is 26.7 Å². The lowest BCUT2D eigenvalue weighted by Crippen LogP contribution is -2.46. The van der Waals surface area contributed by atoms with Crippen LogP contribution in [0, 0.1) is 17.2 Å². The van der Waals surface area contributed by atoms with Crippen molar-refractivity contribution < 1.29 is 14.3 Å². The van der Waals surface area contributed by atoms with Gasteiger partial charge in [0, 0.05) is 19.6 Å². The van der Waals surface area contributed by atoms with Crippen molar-refractivity contribution in [2.75, 3.05) is 31.6 Å². The van der Waals surface area contributed by atoms with E-state index in [0.29, 0.717) is 43.2 Å². The fourth-order valence-electron chi connectivity index (χ4n) is 2.87. The lowest BCUT2D eigenvalue weighted by atomic mass is 9.97. The largest absolute Gasteiger partial charge is 0.492 e. The predicted molar refractivity (Wildman–Crippen MR) is 94.3 cm³/mol. The number of carbonyl (C=O) groups is 2. The minimum absolute atomic E-state index is 0.0125. The molecule has 134 valence electrons. The fourth-order valence-corrected chi connectivity index (χ4v) is 2.87. The first-order valence-corrected chi connectivity index (χ1v) is 8.59. The highest BCUT2D eigenvalue weighted by Gasteiger charge is 2.28. The normalized spacial score (nSPS) is 16.7. The summed E-state index contributed by atoms with van der Waals surface area (Å²) in [5, 5.41) is 14.7. The number of rotatable bonds is 5. The van der Waals surface area contributed by atoms with E-state index < -0.39 is 0 Å². The molecule has 1 aliphatic rings. The third kappa shape index (κ3) is 4.86. The van der Waals surface area contributed by atoms with Crippen molar-refractivity contribution in [1.82, 2.24) is 10.2 Å². The van der Waals surface area contributed by atoms with Crippen LogP contribution in [0.25, 0.3) is 0 Å². The number of ether oxygens (including phenoxy) is 1. The van der Waals surface area contributed by atoms with Crippen LogP contribution in [0.2, 0.25) is 0 Å². The van der Waals surface area contributed by atoms with E-state index in [1.54, 1.807) is 23.1 Å². The minimum atomic E-state index is -0.287. The van der Waals surface area contributed by atoms with Gasteiger partial charge in [-0.25, -0.2) is 4.79 Å². The molecular weight excluding hydrogens is 320 g/mol. The first-order chi connectivity index (χ1) is 12.1. The molecular formula is C18H24N4O3. The Morgan fingerprint density at radius 1 is 1.40 bits per heavy atom. The second-order valence-electron chi connectivity index (χ2n) is 5.87. The highest BCUT2D eigenvalue weighted by atomic mass is 16.5. The van der Waals surface area contributed by atoms with Crippen LogP contribution >= 0.6 is 0 Å². The topological polar surface area (TPSA) is 94.5 Å². The molecule has 1 saturated heterocycles. The van der Waals surface area contributed by atoms with E-state index in [-0.39, 0.29) is 17.9 Å². The molecule has 1 fully saturated rings. The number of piperidine rings is 1.